The van der Waals surface area contributed by atoms with Gasteiger partial charge in [0.2, 0.25) is 0 Å². The Bertz CT molecular complexity index is 260. The number of carbonyl (C=O) groups is 1. The number of ketones is 1. The molecule has 0 bridgehead atoms. The highest BCUT2D eigenvalue weighted by Crippen LogP contribution is 2.25. The molecule has 0 aromatic rings. The van der Waals surface area contributed by atoms with Crippen LogP contribution in [0.1, 0.15) is 51.4 Å². The van der Waals surface area contributed by atoms with Crippen molar-refractivity contribution in [3.8, 4) is 0 Å². The quantitative estimate of drug-likeness (QED) is 0.651. The van der Waals surface area contributed by atoms with Gasteiger partial charge in [-0.05, 0) is 50.4 Å². The maximum absolute atomic E-state index is 11.9. The van der Waals surface area contributed by atoms with Crippen molar-refractivity contribution in [2.24, 2.45) is 11.8 Å². The first kappa shape index (κ1) is 11.6. The number of hydrogen-bond acceptors (Lipinski definition) is 1. The maximum atomic E-state index is 11.9. The molecule has 0 heterocycles. The van der Waals surface area contributed by atoms with Gasteiger partial charge >= 0.3 is 0 Å². The van der Waals surface area contributed by atoms with Crippen LogP contribution in [0.15, 0.2) is 24.3 Å². The van der Waals surface area contributed by atoms with E-state index < -0.39 is 0 Å². The molecule has 16 heavy (non-hydrogen) atoms. The summed E-state index contributed by atoms with van der Waals surface area (Å²) in [5.74, 6) is 1.54. The van der Waals surface area contributed by atoms with Gasteiger partial charge in [0.1, 0.15) is 5.78 Å². The monoisotopic (exact) mass is 218 g/mol. The van der Waals surface area contributed by atoms with Crippen molar-refractivity contribution in [3.63, 3.8) is 0 Å². The first-order valence-corrected chi connectivity index (χ1v) is 6.69. The van der Waals surface area contributed by atoms with Crippen LogP contribution >= 0.6 is 0 Å². The minimum Gasteiger partial charge on any atom is -0.300 e. The van der Waals surface area contributed by atoms with Gasteiger partial charge in [0, 0.05) is 12.8 Å². The van der Waals surface area contributed by atoms with Crippen molar-refractivity contribution in [2.75, 3.05) is 0 Å². The van der Waals surface area contributed by atoms with Crippen molar-refractivity contribution in [1.29, 1.82) is 0 Å². The zero-order chi connectivity index (χ0) is 11.2. The molecule has 2 atom stereocenters. The second-order valence-corrected chi connectivity index (χ2v) is 5.19. The number of rotatable bonds is 4. The summed E-state index contributed by atoms with van der Waals surface area (Å²) < 4.78 is 0. The van der Waals surface area contributed by atoms with Gasteiger partial charge in [0.15, 0.2) is 0 Å². The largest absolute Gasteiger partial charge is 0.300 e. The molecule has 0 amide bonds. The highest BCUT2D eigenvalue weighted by molar-refractivity contribution is 5.79. The molecule has 0 spiro atoms. The molecular weight excluding hydrogens is 196 g/mol. The molecule has 0 radical (unpaired) electrons. The molecule has 0 saturated heterocycles. The van der Waals surface area contributed by atoms with Crippen molar-refractivity contribution in [3.05, 3.63) is 24.3 Å². The maximum Gasteiger partial charge on any atom is 0.134 e. The Hall–Kier alpha value is -0.850. The molecule has 0 aromatic heterocycles. The van der Waals surface area contributed by atoms with Gasteiger partial charge < -0.3 is 0 Å². The summed E-state index contributed by atoms with van der Waals surface area (Å²) >= 11 is 0. The van der Waals surface area contributed by atoms with Gasteiger partial charge in [-0.3, -0.25) is 4.79 Å². The van der Waals surface area contributed by atoms with E-state index in [2.05, 4.69) is 24.3 Å². The molecule has 1 heteroatoms. The number of allylic oxidation sites excluding steroid dienone is 4. The van der Waals surface area contributed by atoms with E-state index in [1.165, 1.54) is 38.5 Å². The second-order valence-electron chi connectivity index (χ2n) is 5.19. The summed E-state index contributed by atoms with van der Waals surface area (Å²) in [5, 5.41) is 0. The normalized spacial score (nSPS) is 29.2. The molecular formula is C15H22O. The molecule has 2 unspecified atom stereocenters. The highest BCUT2D eigenvalue weighted by atomic mass is 16.1. The topological polar surface area (TPSA) is 17.1 Å². The molecule has 2 rings (SSSR count). The smallest absolute Gasteiger partial charge is 0.134 e. The van der Waals surface area contributed by atoms with Crippen LogP contribution < -0.4 is 0 Å². The van der Waals surface area contributed by atoms with Gasteiger partial charge in [-0.1, -0.05) is 24.3 Å². The van der Waals surface area contributed by atoms with Crippen LogP contribution in [-0.4, -0.2) is 5.78 Å². The lowest BCUT2D eigenvalue weighted by atomic mass is 9.86. The summed E-state index contributed by atoms with van der Waals surface area (Å²) in [5.41, 5.74) is 0. The molecule has 0 N–H and O–H groups in total. The number of Topliss-reactive ketones (excluding diaryl/α,β-unsaturated/α-hetero) is 1. The first-order chi connectivity index (χ1) is 7.84. The third-order valence-corrected chi connectivity index (χ3v) is 3.69. The van der Waals surface area contributed by atoms with E-state index in [1.807, 2.05) is 0 Å². The number of hydrogen-bond donors (Lipinski definition) is 0. The average molecular weight is 218 g/mol. The molecule has 0 fully saturated rings. The summed E-state index contributed by atoms with van der Waals surface area (Å²) in [4.78, 5) is 11.9. The Labute approximate surface area is 98.6 Å². The summed E-state index contributed by atoms with van der Waals surface area (Å²) in [6, 6.07) is 0. The van der Waals surface area contributed by atoms with Crippen molar-refractivity contribution < 1.29 is 4.79 Å². The van der Waals surface area contributed by atoms with Crippen molar-refractivity contribution in [2.45, 2.75) is 51.4 Å². The molecule has 0 aromatic carbocycles. The number of carbonyl (C=O) groups excluding carboxylic acids is 1. The lowest BCUT2D eigenvalue weighted by Crippen LogP contribution is -2.13. The Kier molecular flexibility index (Phi) is 4.38. The van der Waals surface area contributed by atoms with Crippen LogP contribution in [0.3, 0.4) is 0 Å². The summed E-state index contributed by atoms with van der Waals surface area (Å²) in [7, 11) is 0. The Morgan fingerprint density at radius 1 is 0.938 bits per heavy atom. The average Bonchev–Trinajstić information content (AvgIpc) is 2.31. The van der Waals surface area contributed by atoms with Crippen LogP contribution in [-0.2, 0) is 4.79 Å². The predicted octanol–water partition coefficient (Wildman–Crippen LogP) is 4.05. The van der Waals surface area contributed by atoms with E-state index in [9.17, 15) is 4.79 Å². The summed E-state index contributed by atoms with van der Waals surface area (Å²) in [6.45, 7) is 0. The molecule has 2 aliphatic rings. The third-order valence-electron chi connectivity index (χ3n) is 3.69. The zero-order valence-corrected chi connectivity index (χ0v) is 10.0. The highest BCUT2D eigenvalue weighted by Gasteiger charge is 2.17. The van der Waals surface area contributed by atoms with Gasteiger partial charge in [-0.25, -0.2) is 0 Å². The first-order valence-electron chi connectivity index (χ1n) is 6.69. The van der Waals surface area contributed by atoms with Crippen LogP contribution in [0.25, 0.3) is 0 Å². The standard InChI is InChI=1S/C15H22O/c16-15(11-13-7-3-1-4-8-13)12-14-9-5-2-6-10-14/h3,5,7,9,13-14H,1-2,4,6,8,10-12H2. The Morgan fingerprint density at radius 2 is 1.44 bits per heavy atom. The van der Waals surface area contributed by atoms with Gasteiger partial charge in [0.05, 0.1) is 0 Å². The summed E-state index contributed by atoms with van der Waals surface area (Å²) in [6.07, 6.45) is 17.9. The van der Waals surface area contributed by atoms with Crippen LogP contribution in [0.2, 0.25) is 0 Å². The minimum absolute atomic E-state index is 0.466. The van der Waals surface area contributed by atoms with Crippen molar-refractivity contribution >= 4 is 5.78 Å². The van der Waals surface area contributed by atoms with Crippen molar-refractivity contribution in [1.82, 2.24) is 0 Å². The molecule has 0 aliphatic heterocycles. The second kappa shape index (κ2) is 6.03. The Balaban J connectivity index is 1.74. The van der Waals surface area contributed by atoms with Crippen LogP contribution in [0.4, 0.5) is 0 Å². The fourth-order valence-corrected chi connectivity index (χ4v) is 2.77. The van der Waals surface area contributed by atoms with E-state index in [1.54, 1.807) is 0 Å². The fraction of sp³-hybridized carbons (Fsp3) is 0.667. The van der Waals surface area contributed by atoms with E-state index >= 15 is 0 Å². The lowest BCUT2D eigenvalue weighted by Gasteiger charge is -2.18. The van der Waals surface area contributed by atoms with E-state index in [4.69, 9.17) is 0 Å². The van der Waals surface area contributed by atoms with E-state index in [-0.39, 0.29) is 0 Å². The SMILES string of the molecule is O=C(CC1C=CCCC1)CC1C=CCCC1. The van der Waals surface area contributed by atoms with Gasteiger partial charge in [-0.2, -0.15) is 0 Å². The molecule has 0 saturated carbocycles. The lowest BCUT2D eigenvalue weighted by molar-refractivity contribution is -0.120. The molecule has 2 aliphatic carbocycles. The third kappa shape index (κ3) is 3.62. The minimum atomic E-state index is 0.466. The van der Waals surface area contributed by atoms with Gasteiger partial charge in [-0.15, -0.1) is 0 Å². The van der Waals surface area contributed by atoms with Crippen LogP contribution in [0, 0.1) is 11.8 Å². The van der Waals surface area contributed by atoms with Gasteiger partial charge in [0.25, 0.3) is 0 Å². The zero-order valence-electron chi connectivity index (χ0n) is 10.0. The molecule has 88 valence electrons. The van der Waals surface area contributed by atoms with Crippen LogP contribution in [0.5, 0.6) is 0 Å². The molecule has 1 nitrogen and oxygen atoms in total. The Morgan fingerprint density at radius 3 is 1.81 bits per heavy atom. The van der Waals surface area contributed by atoms with E-state index in [0.29, 0.717) is 17.6 Å². The van der Waals surface area contributed by atoms with E-state index in [0.717, 1.165) is 12.8 Å². The fourth-order valence-electron chi connectivity index (χ4n) is 2.77. The predicted molar refractivity (Wildman–Crippen MR) is 67.2 cm³/mol.